The molecule has 2 aromatic carbocycles. The lowest BCUT2D eigenvalue weighted by Gasteiger charge is -2.18. The summed E-state index contributed by atoms with van der Waals surface area (Å²) < 4.78 is 0. The van der Waals surface area contributed by atoms with Gasteiger partial charge >= 0.3 is 0 Å². The number of likely N-dealkylation sites (tertiary alicyclic amines) is 1. The zero-order valence-electron chi connectivity index (χ0n) is 17.9. The first-order valence-corrected chi connectivity index (χ1v) is 11.3. The van der Waals surface area contributed by atoms with Crippen molar-refractivity contribution < 1.29 is 19.3 Å². The van der Waals surface area contributed by atoms with E-state index in [0.29, 0.717) is 10.7 Å². The summed E-state index contributed by atoms with van der Waals surface area (Å²) in [5.41, 5.74) is 0.552. The molecule has 1 aliphatic heterocycles. The number of hydrogen-bond acceptors (Lipinski definition) is 6. The second-order valence-electron chi connectivity index (χ2n) is 8.70. The van der Waals surface area contributed by atoms with Crippen LogP contribution in [0.2, 0.25) is 5.02 Å². The number of halogens is 1. The van der Waals surface area contributed by atoms with Crippen molar-refractivity contribution in [3.63, 3.8) is 0 Å². The van der Waals surface area contributed by atoms with E-state index >= 15 is 0 Å². The van der Waals surface area contributed by atoms with Crippen molar-refractivity contribution in [2.24, 2.45) is 23.7 Å². The van der Waals surface area contributed by atoms with Crippen LogP contribution in [-0.4, -0.2) is 40.6 Å². The van der Waals surface area contributed by atoms with Crippen LogP contribution in [0.25, 0.3) is 0 Å². The summed E-state index contributed by atoms with van der Waals surface area (Å²) in [5.74, 6) is -1.07. The number of fused-ring (bicyclic) bond motifs is 5. The molecule has 0 aromatic heterocycles. The van der Waals surface area contributed by atoms with Gasteiger partial charge in [0.05, 0.1) is 16.8 Å². The van der Waals surface area contributed by atoms with E-state index in [0.717, 1.165) is 6.42 Å². The number of nitrogens with one attached hydrogen (secondary N) is 2. The SMILES string of the molecule is O=C(Nc1ccc(Cl)cc1)c1ccc(NCCN2C(=O)[C@@H]3[C@H](C2=O)[C@H]2C=C[C@H]3C2)c([N+](=O)[O-])c1. The highest BCUT2D eigenvalue weighted by Gasteiger charge is 2.58. The Kier molecular flexibility index (Phi) is 5.57. The van der Waals surface area contributed by atoms with Gasteiger partial charge in [-0.05, 0) is 54.7 Å². The van der Waals surface area contributed by atoms with Crippen LogP contribution in [-0.2, 0) is 9.59 Å². The monoisotopic (exact) mass is 480 g/mol. The van der Waals surface area contributed by atoms with E-state index in [1.165, 1.54) is 23.1 Å². The average molecular weight is 481 g/mol. The Morgan fingerprint density at radius 2 is 1.71 bits per heavy atom. The van der Waals surface area contributed by atoms with Crippen LogP contribution in [0.4, 0.5) is 17.1 Å². The van der Waals surface area contributed by atoms with Gasteiger partial charge in [-0.25, -0.2) is 0 Å². The van der Waals surface area contributed by atoms with E-state index in [1.54, 1.807) is 24.3 Å². The fraction of sp³-hybridized carbons (Fsp3) is 0.292. The lowest BCUT2D eigenvalue weighted by atomic mass is 9.85. The highest BCUT2D eigenvalue weighted by molar-refractivity contribution is 6.30. The van der Waals surface area contributed by atoms with Crippen LogP contribution in [0.1, 0.15) is 16.8 Å². The third-order valence-corrected chi connectivity index (χ3v) is 7.02. The first kappa shape index (κ1) is 22.1. The van der Waals surface area contributed by atoms with Crippen LogP contribution >= 0.6 is 11.6 Å². The van der Waals surface area contributed by atoms with Gasteiger partial charge in [-0.2, -0.15) is 0 Å². The van der Waals surface area contributed by atoms with Gasteiger partial charge in [0.25, 0.3) is 11.6 Å². The van der Waals surface area contributed by atoms with Crippen molar-refractivity contribution in [3.8, 4) is 0 Å². The third kappa shape index (κ3) is 3.81. The van der Waals surface area contributed by atoms with Gasteiger partial charge in [-0.1, -0.05) is 23.8 Å². The fourth-order valence-electron chi connectivity index (χ4n) is 5.20. The summed E-state index contributed by atoms with van der Waals surface area (Å²) in [4.78, 5) is 50.4. The molecular formula is C24H21ClN4O5. The maximum Gasteiger partial charge on any atom is 0.293 e. The molecule has 2 fully saturated rings. The Bertz CT molecular complexity index is 1200. The summed E-state index contributed by atoms with van der Waals surface area (Å²) in [5, 5.41) is 17.7. The topological polar surface area (TPSA) is 122 Å². The number of nitrogens with zero attached hydrogens (tertiary/aromatic N) is 2. The predicted octanol–water partition coefficient (Wildman–Crippen LogP) is 3.72. The number of benzene rings is 2. The normalized spacial score (nSPS) is 24.4. The van der Waals surface area contributed by atoms with Crippen LogP contribution in [0.15, 0.2) is 54.6 Å². The Morgan fingerprint density at radius 1 is 1.06 bits per heavy atom. The van der Waals surface area contributed by atoms with Crippen molar-refractivity contribution in [2.75, 3.05) is 23.7 Å². The molecule has 3 aliphatic rings. The number of hydrogen-bond donors (Lipinski definition) is 2. The third-order valence-electron chi connectivity index (χ3n) is 6.77. The number of carbonyl (C=O) groups excluding carboxylic acids is 3. The first-order valence-electron chi connectivity index (χ1n) is 11.0. The zero-order valence-corrected chi connectivity index (χ0v) is 18.7. The van der Waals surface area contributed by atoms with Gasteiger partial charge in [0, 0.05) is 35.4 Å². The van der Waals surface area contributed by atoms with Crippen molar-refractivity contribution in [1.82, 2.24) is 4.90 Å². The predicted molar refractivity (Wildman–Crippen MR) is 125 cm³/mol. The van der Waals surface area contributed by atoms with Crippen molar-refractivity contribution in [1.29, 1.82) is 0 Å². The van der Waals surface area contributed by atoms with Crippen LogP contribution in [0.3, 0.4) is 0 Å². The summed E-state index contributed by atoms with van der Waals surface area (Å²) in [6, 6.07) is 10.6. The Labute approximate surface area is 199 Å². The standard InChI is InChI=1S/C24H21ClN4O5/c25-16-4-6-17(7-5-16)27-22(30)15-3-8-18(19(12-15)29(33)34)26-9-10-28-23(31)20-13-1-2-14(11-13)21(20)24(28)32/h1-8,12-14,20-21,26H,9-11H2,(H,27,30)/t13-,14-,20-,21+/m0/s1. The molecule has 3 amide bonds. The summed E-state index contributed by atoms with van der Waals surface area (Å²) in [7, 11) is 0. The Morgan fingerprint density at radius 3 is 2.32 bits per heavy atom. The van der Waals surface area contributed by atoms with Gasteiger partial charge < -0.3 is 10.6 Å². The minimum absolute atomic E-state index is 0.118. The Hall–Kier alpha value is -3.72. The summed E-state index contributed by atoms with van der Waals surface area (Å²) in [6.07, 6.45) is 4.93. The van der Waals surface area contributed by atoms with Crippen molar-refractivity contribution in [2.45, 2.75) is 6.42 Å². The van der Waals surface area contributed by atoms with Crippen LogP contribution < -0.4 is 10.6 Å². The van der Waals surface area contributed by atoms with Gasteiger partial charge in [0.15, 0.2) is 0 Å². The number of allylic oxidation sites excluding steroid dienone is 2. The number of nitro benzene ring substituents is 1. The maximum absolute atomic E-state index is 12.8. The molecule has 2 aromatic rings. The molecule has 174 valence electrons. The molecule has 5 rings (SSSR count). The van der Waals surface area contributed by atoms with Crippen LogP contribution in [0.5, 0.6) is 0 Å². The Balaban J connectivity index is 1.24. The molecule has 0 spiro atoms. The van der Waals surface area contributed by atoms with E-state index < -0.39 is 10.8 Å². The zero-order chi connectivity index (χ0) is 24.0. The largest absolute Gasteiger partial charge is 0.378 e. The van der Waals surface area contributed by atoms with E-state index in [4.69, 9.17) is 11.6 Å². The molecule has 2 bridgehead atoms. The highest BCUT2D eigenvalue weighted by Crippen LogP contribution is 2.52. The number of anilines is 2. The molecule has 0 radical (unpaired) electrons. The van der Waals surface area contributed by atoms with Gasteiger partial charge in [-0.3, -0.25) is 29.4 Å². The fourth-order valence-corrected chi connectivity index (χ4v) is 5.32. The number of nitro groups is 1. The van der Waals surface area contributed by atoms with Gasteiger partial charge in [0.2, 0.25) is 11.8 Å². The van der Waals surface area contributed by atoms with Gasteiger partial charge in [0.1, 0.15) is 5.69 Å². The molecule has 34 heavy (non-hydrogen) atoms. The summed E-state index contributed by atoms with van der Waals surface area (Å²) in [6.45, 7) is 0.289. The lowest BCUT2D eigenvalue weighted by molar-refractivity contribution is -0.384. The highest BCUT2D eigenvalue weighted by atomic mass is 35.5. The number of rotatable bonds is 7. The molecule has 2 N–H and O–H groups in total. The number of imide groups is 1. The molecule has 2 aliphatic carbocycles. The van der Waals surface area contributed by atoms with E-state index in [9.17, 15) is 24.5 Å². The molecule has 9 nitrogen and oxygen atoms in total. The average Bonchev–Trinajstić information content (AvgIpc) is 3.50. The molecule has 1 heterocycles. The molecule has 4 atom stereocenters. The van der Waals surface area contributed by atoms with E-state index in [2.05, 4.69) is 10.6 Å². The number of amides is 3. The van der Waals surface area contributed by atoms with E-state index in [1.807, 2.05) is 12.2 Å². The smallest absolute Gasteiger partial charge is 0.293 e. The lowest BCUT2D eigenvalue weighted by Crippen LogP contribution is -2.36. The molecule has 10 heteroatoms. The molecule has 1 saturated heterocycles. The minimum atomic E-state index is -0.582. The van der Waals surface area contributed by atoms with Crippen molar-refractivity contribution >= 4 is 46.4 Å². The van der Waals surface area contributed by atoms with E-state index in [-0.39, 0.29) is 65.5 Å². The maximum atomic E-state index is 12.8. The molecule has 0 unspecified atom stereocenters. The first-order chi connectivity index (χ1) is 16.3. The van der Waals surface area contributed by atoms with Gasteiger partial charge in [-0.15, -0.1) is 0 Å². The van der Waals surface area contributed by atoms with Crippen LogP contribution in [0, 0.1) is 33.8 Å². The number of carbonyl (C=O) groups is 3. The quantitative estimate of drug-likeness (QED) is 0.269. The van der Waals surface area contributed by atoms with Crippen molar-refractivity contribution in [3.05, 3.63) is 75.3 Å². The second-order valence-corrected chi connectivity index (χ2v) is 9.14. The molecule has 1 saturated carbocycles. The summed E-state index contributed by atoms with van der Waals surface area (Å²) >= 11 is 5.84. The second kappa shape index (κ2) is 8.57. The molecular weight excluding hydrogens is 460 g/mol. The minimum Gasteiger partial charge on any atom is -0.378 e.